The number of aromatic nitrogens is 2. The average molecular weight is 282 g/mol. The predicted molar refractivity (Wildman–Crippen MR) is 68.8 cm³/mol. The van der Waals surface area contributed by atoms with Crippen LogP contribution in [0, 0.1) is 0 Å². The van der Waals surface area contributed by atoms with Gasteiger partial charge in [0.15, 0.2) is 5.82 Å². The number of hydrogen-bond acceptors (Lipinski definition) is 4. The quantitative estimate of drug-likeness (QED) is 0.940. The van der Waals surface area contributed by atoms with Gasteiger partial charge in [0, 0.05) is 24.4 Å². The van der Waals surface area contributed by atoms with Gasteiger partial charge < -0.3 is 9.84 Å². The van der Waals surface area contributed by atoms with Crippen molar-refractivity contribution in [3.05, 3.63) is 46.6 Å². The van der Waals surface area contributed by atoms with E-state index in [9.17, 15) is 4.39 Å². The Morgan fingerprint density at radius 1 is 1.42 bits per heavy atom. The van der Waals surface area contributed by atoms with Crippen LogP contribution in [0.1, 0.15) is 29.7 Å². The molecule has 1 saturated heterocycles. The average Bonchev–Trinajstić information content (AvgIpc) is 3.01. The molecule has 1 aromatic heterocycles. The molecule has 1 aromatic carbocycles. The lowest BCUT2D eigenvalue weighted by Gasteiger charge is -2.01. The number of halogens is 2. The van der Waals surface area contributed by atoms with Gasteiger partial charge in [-0.05, 0) is 11.6 Å². The SMILES string of the molecule is F[C@@H]1CN[C@@H](c2nc(Cc3ccccc3Cl)no2)C1. The van der Waals surface area contributed by atoms with Crippen molar-refractivity contribution in [2.24, 2.45) is 0 Å². The predicted octanol–water partition coefficient (Wildman–Crippen LogP) is 2.69. The molecule has 1 N–H and O–H groups in total. The van der Waals surface area contributed by atoms with E-state index in [1.165, 1.54) is 0 Å². The van der Waals surface area contributed by atoms with Gasteiger partial charge in [0.2, 0.25) is 5.89 Å². The molecule has 2 heterocycles. The zero-order valence-corrected chi connectivity index (χ0v) is 10.9. The molecule has 19 heavy (non-hydrogen) atoms. The Morgan fingerprint density at radius 2 is 2.26 bits per heavy atom. The van der Waals surface area contributed by atoms with Gasteiger partial charge in [-0.25, -0.2) is 4.39 Å². The van der Waals surface area contributed by atoms with Crippen LogP contribution in [0.5, 0.6) is 0 Å². The van der Waals surface area contributed by atoms with Crippen molar-refractivity contribution in [3.8, 4) is 0 Å². The van der Waals surface area contributed by atoms with Crippen LogP contribution in [0.25, 0.3) is 0 Å². The van der Waals surface area contributed by atoms with Gasteiger partial charge in [-0.1, -0.05) is 35.0 Å². The van der Waals surface area contributed by atoms with Crippen LogP contribution in [0.3, 0.4) is 0 Å². The van der Waals surface area contributed by atoms with Crippen molar-refractivity contribution >= 4 is 11.6 Å². The maximum Gasteiger partial charge on any atom is 0.243 e. The van der Waals surface area contributed by atoms with Crippen LogP contribution in [0.15, 0.2) is 28.8 Å². The summed E-state index contributed by atoms with van der Waals surface area (Å²) in [5.74, 6) is 1.01. The van der Waals surface area contributed by atoms with Gasteiger partial charge in [0.1, 0.15) is 6.17 Å². The molecule has 1 fully saturated rings. The highest BCUT2D eigenvalue weighted by molar-refractivity contribution is 6.31. The van der Waals surface area contributed by atoms with Crippen molar-refractivity contribution in [2.75, 3.05) is 6.54 Å². The molecule has 0 unspecified atom stereocenters. The van der Waals surface area contributed by atoms with E-state index in [-0.39, 0.29) is 6.04 Å². The van der Waals surface area contributed by atoms with E-state index in [0.29, 0.717) is 36.1 Å². The van der Waals surface area contributed by atoms with E-state index < -0.39 is 6.17 Å². The third-order valence-corrected chi connectivity index (χ3v) is 3.53. The zero-order valence-electron chi connectivity index (χ0n) is 10.1. The number of rotatable bonds is 3. The summed E-state index contributed by atoms with van der Waals surface area (Å²) in [6, 6.07) is 7.35. The molecule has 4 nitrogen and oxygen atoms in total. The molecule has 1 aliphatic heterocycles. The van der Waals surface area contributed by atoms with E-state index in [0.717, 1.165) is 5.56 Å². The van der Waals surface area contributed by atoms with Gasteiger partial charge in [0.25, 0.3) is 0 Å². The summed E-state index contributed by atoms with van der Waals surface area (Å²) in [7, 11) is 0. The number of hydrogen-bond donors (Lipinski definition) is 1. The first-order chi connectivity index (χ1) is 9.22. The molecule has 6 heteroatoms. The Balaban J connectivity index is 1.73. The third-order valence-electron chi connectivity index (χ3n) is 3.17. The zero-order chi connectivity index (χ0) is 13.2. The Hall–Kier alpha value is -1.46. The van der Waals surface area contributed by atoms with Gasteiger partial charge in [-0.2, -0.15) is 4.98 Å². The fourth-order valence-electron chi connectivity index (χ4n) is 2.17. The van der Waals surface area contributed by atoms with Crippen molar-refractivity contribution in [1.82, 2.24) is 15.5 Å². The highest BCUT2D eigenvalue weighted by atomic mass is 35.5. The van der Waals surface area contributed by atoms with Crippen molar-refractivity contribution in [1.29, 1.82) is 0 Å². The van der Waals surface area contributed by atoms with Crippen LogP contribution < -0.4 is 5.32 Å². The molecular weight excluding hydrogens is 269 g/mol. The fourth-order valence-corrected chi connectivity index (χ4v) is 2.38. The molecule has 0 spiro atoms. The molecule has 0 amide bonds. The van der Waals surface area contributed by atoms with Gasteiger partial charge >= 0.3 is 0 Å². The molecule has 0 saturated carbocycles. The minimum Gasteiger partial charge on any atom is -0.338 e. The Bertz CT molecular complexity index is 575. The van der Waals surface area contributed by atoms with E-state index in [4.69, 9.17) is 16.1 Å². The monoisotopic (exact) mass is 281 g/mol. The van der Waals surface area contributed by atoms with E-state index in [1.807, 2.05) is 24.3 Å². The smallest absolute Gasteiger partial charge is 0.243 e. The van der Waals surface area contributed by atoms with E-state index in [2.05, 4.69) is 15.5 Å². The summed E-state index contributed by atoms with van der Waals surface area (Å²) in [5, 5.41) is 7.61. The minimum atomic E-state index is -0.844. The summed E-state index contributed by atoms with van der Waals surface area (Å²) in [5.41, 5.74) is 0.944. The van der Waals surface area contributed by atoms with Crippen LogP contribution >= 0.6 is 11.6 Å². The molecule has 0 bridgehead atoms. The number of benzene rings is 1. The topological polar surface area (TPSA) is 51.0 Å². The summed E-state index contributed by atoms with van der Waals surface area (Å²) in [6.07, 6.45) is 0.0479. The normalized spacial score (nSPS) is 22.8. The maximum absolute atomic E-state index is 13.1. The fraction of sp³-hybridized carbons (Fsp3) is 0.385. The van der Waals surface area contributed by atoms with Crippen LogP contribution in [-0.4, -0.2) is 22.9 Å². The first-order valence-corrected chi connectivity index (χ1v) is 6.53. The summed E-state index contributed by atoms with van der Waals surface area (Å²) >= 11 is 6.08. The molecule has 100 valence electrons. The molecule has 2 aromatic rings. The van der Waals surface area contributed by atoms with Gasteiger partial charge in [-0.15, -0.1) is 0 Å². The van der Waals surface area contributed by atoms with Crippen molar-refractivity contribution in [2.45, 2.75) is 25.1 Å². The maximum atomic E-state index is 13.1. The third kappa shape index (κ3) is 2.77. The first-order valence-electron chi connectivity index (χ1n) is 6.15. The molecule has 0 aliphatic carbocycles. The second-order valence-corrected chi connectivity index (χ2v) is 5.02. The lowest BCUT2D eigenvalue weighted by atomic mass is 10.1. The molecule has 3 rings (SSSR count). The van der Waals surface area contributed by atoms with Crippen LogP contribution in [-0.2, 0) is 6.42 Å². The lowest BCUT2D eigenvalue weighted by Crippen LogP contribution is -2.14. The molecular formula is C13H13ClFN3O. The number of alkyl halides is 1. The highest BCUT2D eigenvalue weighted by Gasteiger charge is 2.29. The minimum absolute atomic E-state index is 0.178. The summed E-state index contributed by atoms with van der Waals surface area (Å²) < 4.78 is 18.3. The number of nitrogens with zero attached hydrogens (tertiary/aromatic N) is 2. The van der Waals surface area contributed by atoms with Crippen LogP contribution in [0.4, 0.5) is 4.39 Å². The molecule has 1 aliphatic rings. The lowest BCUT2D eigenvalue weighted by molar-refractivity contribution is 0.322. The Labute approximate surface area is 115 Å². The summed E-state index contributed by atoms with van der Waals surface area (Å²) in [6.45, 7) is 0.340. The first kappa shape index (κ1) is 12.6. The largest absolute Gasteiger partial charge is 0.338 e. The Kier molecular flexibility index (Phi) is 3.48. The van der Waals surface area contributed by atoms with E-state index in [1.54, 1.807) is 0 Å². The summed E-state index contributed by atoms with van der Waals surface area (Å²) in [4.78, 5) is 4.30. The highest BCUT2D eigenvalue weighted by Crippen LogP contribution is 2.24. The molecule has 0 radical (unpaired) electrons. The van der Waals surface area contributed by atoms with Gasteiger partial charge in [0.05, 0.1) is 6.04 Å². The Morgan fingerprint density at radius 3 is 3.00 bits per heavy atom. The molecule has 2 atom stereocenters. The number of nitrogens with one attached hydrogen (secondary N) is 1. The van der Waals surface area contributed by atoms with Crippen molar-refractivity contribution in [3.63, 3.8) is 0 Å². The van der Waals surface area contributed by atoms with Crippen molar-refractivity contribution < 1.29 is 8.91 Å². The van der Waals surface area contributed by atoms with Gasteiger partial charge in [-0.3, -0.25) is 0 Å². The second kappa shape index (κ2) is 5.27. The van der Waals surface area contributed by atoms with E-state index >= 15 is 0 Å². The standard InChI is InChI=1S/C13H13ClFN3O/c14-10-4-2-1-3-8(10)5-12-17-13(19-18-12)11-6-9(15)7-16-11/h1-4,9,11,16H,5-7H2/t9-,11+/m0/s1. The second-order valence-electron chi connectivity index (χ2n) is 4.61. The van der Waals surface area contributed by atoms with Crippen LogP contribution in [0.2, 0.25) is 5.02 Å².